The van der Waals surface area contributed by atoms with Crippen LogP contribution in [0.4, 0.5) is 0 Å². The fourth-order valence-electron chi connectivity index (χ4n) is 3.53. The lowest BCUT2D eigenvalue weighted by molar-refractivity contribution is -0.123. The summed E-state index contributed by atoms with van der Waals surface area (Å²) in [5.74, 6) is 2.34. The molecular formula is C17H23ClN2OS. The van der Waals surface area contributed by atoms with Crippen LogP contribution < -0.4 is 10.6 Å². The number of thioether (sulfide) groups is 1. The van der Waals surface area contributed by atoms with Crippen molar-refractivity contribution in [1.82, 2.24) is 10.6 Å². The summed E-state index contributed by atoms with van der Waals surface area (Å²) in [7, 11) is 0. The van der Waals surface area contributed by atoms with Crippen LogP contribution in [-0.2, 0) is 10.3 Å². The molecule has 120 valence electrons. The summed E-state index contributed by atoms with van der Waals surface area (Å²) in [5, 5.41) is 7.52. The Balaban J connectivity index is 1.68. The lowest BCUT2D eigenvalue weighted by Crippen LogP contribution is -2.47. The Bertz CT molecular complexity index is 508. The third-order valence-corrected chi connectivity index (χ3v) is 6.05. The molecule has 5 heteroatoms. The van der Waals surface area contributed by atoms with Gasteiger partial charge in [-0.2, -0.15) is 11.8 Å². The van der Waals surface area contributed by atoms with E-state index in [1.54, 1.807) is 0 Å². The average molecular weight is 339 g/mol. The Hall–Kier alpha value is -0.710. The summed E-state index contributed by atoms with van der Waals surface area (Å²) < 4.78 is 0. The Morgan fingerprint density at radius 3 is 2.68 bits per heavy atom. The first-order valence-corrected chi connectivity index (χ1v) is 9.59. The predicted molar refractivity (Wildman–Crippen MR) is 93.5 cm³/mol. The molecule has 0 bridgehead atoms. The van der Waals surface area contributed by atoms with Crippen molar-refractivity contribution in [1.29, 1.82) is 0 Å². The van der Waals surface area contributed by atoms with Crippen LogP contribution in [0.25, 0.3) is 0 Å². The Kier molecular flexibility index (Phi) is 5.32. The van der Waals surface area contributed by atoms with Gasteiger partial charge in [0.05, 0.1) is 5.54 Å². The minimum absolute atomic E-state index is 0.164. The van der Waals surface area contributed by atoms with E-state index >= 15 is 0 Å². The van der Waals surface area contributed by atoms with Crippen molar-refractivity contribution in [2.45, 2.75) is 43.7 Å². The summed E-state index contributed by atoms with van der Waals surface area (Å²) in [6.07, 6.45) is 4.95. The molecule has 3 nitrogen and oxygen atoms in total. The van der Waals surface area contributed by atoms with E-state index < -0.39 is 0 Å². The number of amides is 1. The van der Waals surface area contributed by atoms with Crippen LogP contribution in [0.1, 0.15) is 37.7 Å². The van der Waals surface area contributed by atoms with Gasteiger partial charge in [-0.15, -0.1) is 0 Å². The highest BCUT2D eigenvalue weighted by Gasteiger charge is 2.37. The number of hydrogen-bond acceptors (Lipinski definition) is 3. The molecule has 0 radical (unpaired) electrons. The number of nitrogens with one attached hydrogen (secondary N) is 2. The molecule has 1 saturated heterocycles. The first-order valence-electron chi connectivity index (χ1n) is 8.06. The van der Waals surface area contributed by atoms with Gasteiger partial charge >= 0.3 is 0 Å². The van der Waals surface area contributed by atoms with E-state index in [1.807, 2.05) is 23.9 Å². The van der Waals surface area contributed by atoms with Crippen molar-refractivity contribution >= 4 is 29.3 Å². The molecule has 1 amide bonds. The number of carbonyl (C=O) groups is 1. The van der Waals surface area contributed by atoms with Crippen LogP contribution in [0.3, 0.4) is 0 Å². The highest BCUT2D eigenvalue weighted by Crippen LogP contribution is 2.39. The van der Waals surface area contributed by atoms with Gasteiger partial charge in [0.2, 0.25) is 5.91 Å². The predicted octanol–water partition coefficient (Wildman–Crippen LogP) is 3.32. The SMILES string of the molecule is O=C(CC1CSCCN1)NC1(c2ccc(Cl)cc2)CCCC1. The molecule has 2 N–H and O–H groups in total. The van der Waals surface area contributed by atoms with E-state index in [9.17, 15) is 4.79 Å². The highest BCUT2D eigenvalue weighted by atomic mass is 35.5. The van der Waals surface area contributed by atoms with Crippen LogP contribution in [-0.4, -0.2) is 30.0 Å². The zero-order valence-electron chi connectivity index (χ0n) is 12.7. The van der Waals surface area contributed by atoms with Gasteiger partial charge in [0, 0.05) is 35.5 Å². The summed E-state index contributed by atoms with van der Waals surface area (Å²) in [6, 6.07) is 8.26. The summed E-state index contributed by atoms with van der Waals surface area (Å²) in [4.78, 5) is 12.5. The van der Waals surface area contributed by atoms with Gasteiger partial charge in [-0.05, 0) is 30.5 Å². The maximum Gasteiger partial charge on any atom is 0.222 e. The van der Waals surface area contributed by atoms with Gasteiger partial charge in [-0.3, -0.25) is 4.79 Å². The Morgan fingerprint density at radius 2 is 2.05 bits per heavy atom. The standard InChI is InChI=1S/C17H23ClN2OS/c18-14-5-3-13(4-6-14)17(7-1-2-8-17)20-16(21)11-15-12-22-10-9-19-15/h3-6,15,19H,1-2,7-12H2,(H,20,21). The summed E-state index contributed by atoms with van der Waals surface area (Å²) >= 11 is 7.93. The zero-order chi connectivity index (χ0) is 15.4. The second-order valence-corrected chi connectivity index (χ2v) is 7.86. The highest BCUT2D eigenvalue weighted by molar-refractivity contribution is 7.99. The van der Waals surface area contributed by atoms with Crippen molar-refractivity contribution < 1.29 is 4.79 Å². The summed E-state index contributed by atoms with van der Waals surface area (Å²) in [5.41, 5.74) is 0.998. The molecule has 1 aliphatic heterocycles. The average Bonchev–Trinajstić information content (AvgIpc) is 2.98. The van der Waals surface area contributed by atoms with Crippen LogP contribution in [0.5, 0.6) is 0 Å². The Labute approximate surface area is 141 Å². The number of hydrogen-bond donors (Lipinski definition) is 2. The number of rotatable bonds is 4. The first-order chi connectivity index (χ1) is 10.7. The molecule has 2 aliphatic rings. The van der Waals surface area contributed by atoms with E-state index in [1.165, 1.54) is 18.4 Å². The largest absolute Gasteiger partial charge is 0.347 e. The van der Waals surface area contributed by atoms with E-state index in [2.05, 4.69) is 22.8 Å². The molecule has 1 aromatic carbocycles. The fourth-order valence-corrected chi connectivity index (χ4v) is 4.60. The van der Waals surface area contributed by atoms with Crippen LogP contribution in [0.2, 0.25) is 5.02 Å². The van der Waals surface area contributed by atoms with Crippen LogP contribution in [0.15, 0.2) is 24.3 Å². The summed E-state index contributed by atoms with van der Waals surface area (Å²) in [6.45, 7) is 1.00. The fraction of sp³-hybridized carbons (Fsp3) is 0.588. The van der Waals surface area contributed by atoms with E-state index in [-0.39, 0.29) is 11.4 Å². The minimum atomic E-state index is -0.191. The number of halogens is 1. The smallest absolute Gasteiger partial charge is 0.222 e. The van der Waals surface area contributed by atoms with Gasteiger partial charge < -0.3 is 10.6 Å². The monoisotopic (exact) mass is 338 g/mol. The van der Waals surface area contributed by atoms with Gasteiger partial charge in [0.1, 0.15) is 0 Å². The lowest BCUT2D eigenvalue weighted by atomic mass is 9.88. The van der Waals surface area contributed by atoms with Gasteiger partial charge in [0.15, 0.2) is 0 Å². The molecule has 1 aromatic rings. The maximum atomic E-state index is 12.5. The first kappa shape index (κ1) is 16.2. The number of benzene rings is 1. The molecule has 1 unspecified atom stereocenters. The van der Waals surface area contributed by atoms with E-state index in [4.69, 9.17) is 11.6 Å². The maximum absolute atomic E-state index is 12.5. The van der Waals surface area contributed by atoms with E-state index in [0.717, 1.165) is 35.9 Å². The molecule has 1 heterocycles. The van der Waals surface area contributed by atoms with Gasteiger partial charge in [-0.25, -0.2) is 0 Å². The zero-order valence-corrected chi connectivity index (χ0v) is 14.3. The topological polar surface area (TPSA) is 41.1 Å². The molecule has 2 fully saturated rings. The van der Waals surface area contributed by atoms with Gasteiger partial charge in [-0.1, -0.05) is 36.6 Å². The molecule has 1 aliphatic carbocycles. The van der Waals surface area contributed by atoms with E-state index in [0.29, 0.717) is 12.5 Å². The van der Waals surface area contributed by atoms with Crippen LogP contribution in [0, 0.1) is 0 Å². The van der Waals surface area contributed by atoms with Crippen molar-refractivity contribution in [2.75, 3.05) is 18.1 Å². The van der Waals surface area contributed by atoms with Crippen molar-refractivity contribution in [2.24, 2.45) is 0 Å². The van der Waals surface area contributed by atoms with Crippen molar-refractivity contribution in [3.63, 3.8) is 0 Å². The van der Waals surface area contributed by atoms with Crippen molar-refractivity contribution in [3.8, 4) is 0 Å². The molecule has 3 rings (SSSR count). The van der Waals surface area contributed by atoms with Gasteiger partial charge in [0.25, 0.3) is 0 Å². The lowest BCUT2D eigenvalue weighted by Gasteiger charge is -2.32. The quantitative estimate of drug-likeness (QED) is 0.884. The molecule has 0 spiro atoms. The number of carbonyl (C=O) groups excluding carboxylic acids is 1. The van der Waals surface area contributed by atoms with Crippen molar-refractivity contribution in [3.05, 3.63) is 34.9 Å². The Morgan fingerprint density at radius 1 is 1.32 bits per heavy atom. The molecule has 0 aromatic heterocycles. The second kappa shape index (κ2) is 7.24. The third kappa shape index (κ3) is 3.79. The third-order valence-electron chi connectivity index (χ3n) is 4.66. The minimum Gasteiger partial charge on any atom is -0.347 e. The molecule has 1 atom stereocenters. The molecule has 1 saturated carbocycles. The van der Waals surface area contributed by atoms with Crippen LogP contribution >= 0.6 is 23.4 Å². The molecular weight excluding hydrogens is 316 g/mol. The second-order valence-electron chi connectivity index (χ2n) is 6.27. The normalized spacial score (nSPS) is 24.1. The molecule has 22 heavy (non-hydrogen) atoms.